The number of Topliss-reactive ketones (excluding diaryl/α,β-unsaturated/α-hetero) is 1. The summed E-state index contributed by atoms with van der Waals surface area (Å²) >= 11 is 0. The Labute approximate surface area is 222 Å². The van der Waals surface area contributed by atoms with E-state index < -0.39 is 47.2 Å². The number of carboxylic acid groups (broad SMARTS) is 1. The summed E-state index contributed by atoms with van der Waals surface area (Å²) in [6.45, 7) is 1.57. The fraction of sp³-hybridized carbons (Fsp3) is 0.233. The molecule has 1 heterocycles. The fourth-order valence-electron chi connectivity index (χ4n) is 6.56. The van der Waals surface area contributed by atoms with E-state index in [0.717, 1.165) is 22.6 Å². The number of benzene rings is 2. The highest BCUT2D eigenvalue weighted by molar-refractivity contribution is 6.25. The summed E-state index contributed by atoms with van der Waals surface area (Å²) in [7, 11) is 0. The maximum Gasteiger partial charge on any atom is 0.339 e. The third-order valence-electron chi connectivity index (χ3n) is 8.24. The Morgan fingerprint density at radius 1 is 0.974 bits per heavy atom. The van der Waals surface area contributed by atoms with Gasteiger partial charge in [-0.3, -0.25) is 19.2 Å². The molecule has 4 atom stereocenters. The minimum absolute atomic E-state index is 0.00437. The molecule has 2 aromatic rings. The van der Waals surface area contributed by atoms with Gasteiger partial charge in [-0.15, -0.1) is 0 Å². The van der Waals surface area contributed by atoms with Crippen molar-refractivity contribution in [2.24, 2.45) is 17.8 Å². The maximum absolute atomic E-state index is 13.9. The largest absolute Gasteiger partial charge is 0.508 e. The number of carboxylic acids is 1. The lowest BCUT2D eigenvalue weighted by Crippen LogP contribution is -2.39. The molecule has 4 aliphatic rings. The molecule has 2 aromatic carbocycles. The van der Waals surface area contributed by atoms with Gasteiger partial charge in [-0.2, -0.15) is 0 Å². The zero-order valence-electron chi connectivity index (χ0n) is 20.7. The van der Waals surface area contributed by atoms with Gasteiger partial charge < -0.3 is 15.3 Å². The molecule has 3 aliphatic carbocycles. The molecule has 196 valence electrons. The molecule has 0 spiro atoms. The van der Waals surface area contributed by atoms with E-state index in [-0.39, 0.29) is 41.4 Å². The molecule has 0 radical (unpaired) electrons. The summed E-state index contributed by atoms with van der Waals surface area (Å²) in [5, 5.41) is 29.6. The molecule has 0 saturated carbocycles. The standard InChI is InChI=1S/C30H23NO8/c1-13-9-23(34)26-21(27(13)35)12-20-17(24(26)14-3-2-4-16(32)10-14)7-8-19-25(20)29(37)31(28(19)36)15-5-6-18(30(38)39)22(33)11-15/h2-7,9-11,19-20,24-25,32-33H,8,12H2,1H3,(H,38,39). The minimum atomic E-state index is -1.35. The average molecular weight is 526 g/mol. The number of aromatic carboxylic acids is 1. The van der Waals surface area contributed by atoms with Gasteiger partial charge in [-0.1, -0.05) is 23.8 Å². The van der Waals surface area contributed by atoms with Crippen LogP contribution in [0.5, 0.6) is 11.5 Å². The number of fused-ring (bicyclic) bond motifs is 3. The van der Waals surface area contributed by atoms with Gasteiger partial charge in [0.15, 0.2) is 11.6 Å². The molecule has 39 heavy (non-hydrogen) atoms. The van der Waals surface area contributed by atoms with E-state index in [1.54, 1.807) is 19.1 Å². The fourth-order valence-corrected chi connectivity index (χ4v) is 6.56. The van der Waals surface area contributed by atoms with Crippen LogP contribution in [0.2, 0.25) is 0 Å². The van der Waals surface area contributed by atoms with Crippen molar-refractivity contribution in [3.05, 3.63) is 88.0 Å². The molecule has 4 unspecified atom stereocenters. The Morgan fingerprint density at radius 2 is 1.74 bits per heavy atom. The third kappa shape index (κ3) is 3.57. The van der Waals surface area contributed by atoms with Crippen molar-refractivity contribution in [2.45, 2.75) is 25.7 Å². The summed E-state index contributed by atoms with van der Waals surface area (Å²) in [6.07, 6.45) is 3.53. The van der Waals surface area contributed by atoms with E-state index in [2.05, 4.69) is 0 Å². The normalized spacial score (nSPS) is 26.1. The summed E-state index contributed by atoms with van der Waals surface area (Å²) < 4.78 is 0. The molecule has 0 aromatic heterocycles. The topological polar surface area (TPSA) is 149 Å². The van der Waals surface area contributed by atoms with Crippen molar-refractivity contribution in [1.29, 1.82) is 0 Å². The third-order valence-corrected chi connectivity index (χ3v) is 8.24. The molecule has 2 amide bonds. The van der Waals surface area contributed by atoms with Crippen LogP contribution in [-0.4, -0.2) is 44.7 Å². The Morgan fingerprint density at radius 3 is 2.44 bits per heavy atom. The molecule has 1 fully saturated rings. The highest BCUT2D eigenvalue weighted by atomic mass is 16.4. The predicted molar refractivity (Wildman–Crippen MR) is 137 cm³/mol. The average Bonchev–Trinajstić information content (AvgIpc) is 3.15. The van der Waals surface area contributed by atoms with Crippen LogP contribution in [0.4, 0.5) is 5.69 Å². The second kappa shape index (κ2) is 8.62. The van der Waals surface area contributed by atoms with Gasteiger partial charge in [0, 0.05) is 28.7 Å². The number of amides is 2. The molecule has 1 aliphatic heterocycles. The summed E-state index contributed by atoms with van der Waals surface area (Å²) in [4.78, 5) is 66.2. The molecule has 9 nitrogen and oxygen atoms in total. The molecular formula is C30H23NO8. The van der Waals surface area contributed by atoms with Gasteiger partial charge in [-0.05, 0) is 61.6 Å². The Kier molecular flexibility index (Phi) is 5.43. The molecule has 1 saturated heterocycles. The van der Waals surface area contributed by atoms with E-state index in [9.17, 15) is 39.3 Å². The minimum Gasteiger partial charge on any atom is -0.508 e. The van der Waals surface area contributed by atoms with Gasteiger partial charge in [0.25, 0.3) is 0 Å². The van der Waals surface area contributed by atoms with Crippen molar-refractivity contribution >= 4 is 35.0 Å². The van der Waals surface area contributed by atoms with Gasteiger partial charge in [0.1, 0.15) is 17.1 Å². The maximum atomic E-state index is 13.9. The van der Waals surface area contributed by atoms with Crippen LogP contribution in [0.1, 0.15) is 41.6 Å². The van der Waals surface area contributed by atoms with Gasteiger partial charge in [0.2, 0.25) is 11.8 Å². The number of anilines is 1. The Bertz CT molecular complexity index is 1630. The second-order valence-corrected chi connectivity index (χ2v) is 10.3. The quantitative estimate of drug-likeness (QED) is 0.314. The van der Waals surface area contributed by atoms with Crippen LogP contribution < -0.4 is 4.90 Å². The van der Waals surface area contributed by atoms with Crippen molar-refractivity contribution in [3.8, 4) is 11.5 Å². The lowest BCUT2D eigenvalue weighted by atomic mass is 9.59. The predicted octanol–water partition coefficient (Wildman–Crippen LogP) is 3.43. The zero-order chi connectivity index (χ0) is 27.7. The number of carbonyl (C=O) groups is 5. The summed E-state index contributed by atoms with van der Waals surface area (Å²) in [5.74, 6) is -6.22. The van der Waals surface area contributed by atoms with Crippen molar-refractivity contribution in [2.75, 3.05) is 4.90 Å². The number of phenolic OH excluding ortho intramolecular Hbond substituents is 1. The number of aromatic hydroxyl groups is 2. The highest BCUT2D eigenvalue weighted by Crippen LogP contribution is 2.55. The Balaban J connectivity index is 1.46. The lowest BCUT2D eigenvalue weighted by molar-refractivity contribution is -0.123. The van der Waals surface area contributed by atoms with E-state index in [4.69, 9.17) is 0 Å². The first-order valence-corrected chi connectivity index (χ1v) is 12.5. The van der Waals surface area contributed by atoms with E-state index >= 15 is 0 Å². The molecule has 3 N–H and O–H groups in total. The van der Waals surface area contributed by atoms with Gasteiger partial charge in [0.05, 0.1) is 17.5 Å². The van der Waals surface area contributed by atoms with Crippen molar-refractivity contribution < 1.29 is 39.3 Å². The SMILES string of the molecule is CC1=CC(=O)C2=C(CC3C(=CCC4C(=O)N(c5ccc(C(=O)O)c(O)c5)C(=O)C43)C2c2cccc(O)c2)C1=O. The van der Waals surface area contributed by atoms with Gasteiger partial charge >= 0.3 is 5.97 Å². The monoisotopic (exact) mass is 525 g/mol. The first kappa shape index (κ1) is 24.5. The first-order valence-electron chi connectivity index (χ1n) is 12.5. The van der Waals surface area contributed by atoms with Crippen LogP contribution in [0.3, 0.4) is 0 Å². The number of allylic oxidation sites excluding steroid dienone is 6. The molecule has 0 bridgehead atoms. The number of imide groups is 1. The highest BCUT2D eigenvalue weighted by Gasteiger charge is 2.56. The van der Waals surface area contributed by atoms with E-state index in [1.165, 1.54) is 24.3 Å². The smallest absolute Gasteiger partial charge is 0.339 e. The van der Waals surface area contributed by atoms with Crippen molar-refractivity contribution in [1.82, 2.24) is 0 Å². The summed E-state index contributed by atoms with van der Waals surface area (Å²) in [5.41, 5.74) is 2.02. The molecule has 6 rings (SSSR count). The Hall–Kier alpha value is -4.79. The number of hydrogen-bond acceptors (Lipinski definition) is 7. The van der Waals surface area contributed by atoms with Crippen molar-refractivity contribution in [3.63, 3.8) is 0 Å². The zero-order valence-corrected chi connectivity index (χ0v) is 20.7. The first-order chi connectivity index (χ1) is 18.6. The number of ketones is 2. The van der Waals surface area contributed by atoms with Crippen LogP contribution in [0, 0.1) is 17.8 Å². The number of nitrogens with zero attached hydrogens (tertiary/aromatic N) is 1. The second-order valence-electron chi connectivity index (χ2n) is 10.3. The molecule has 9 heteroatoms. The number of carbonyl (C=O) groups excluding carboxylic acids is 4. The van der Waals surface area contributed by atoms with E-state index in [1.807, 2.05) is 6.08 Å². The number of hydrogen-bond donors (Lipinski definition) is 3. The van der Waals surface area contributed by atoms with Crippen LogP contribution in [-0.2, 0) is 19.2 Å². The number of phenols is 2. The molecular weight excluding hydrogens is 502 g/mol. The van der Waals surface area contributed by atoms with E-state index in [0.29, 0.717) is 22.3 Å². The van der Waals surface area contributed by atoms with Crippen LogP contribution in [0.15, 0.2) is 76.9 Å². The van der Waals surface area contributed by atoms with Crippen LogP contribution in [0.25, 0.3) is 0 Å². The number of rotatable bonds is 3. The van der Waals surface area contributed by atoms with Crippen LogP contribution >= 0.6 is 0 Å². The lowest BCUT2D eigenvalue weighted by Gasteiger charge is -2.42. The summed E-state index contributed by atoms with van der Waals surface area (Å²) in [6, 6.07) is 9.97. The van der Waals surface area contributed by atoms with Gasteiger partial charge in [-0.25, -0.2) is 9.69 Å².